The van der Waals surface area contributed by atoms with Gasteiger partial charge in [0.2, 0.25) is 5.91 Å². The summed E-state index contributed by atoms with van der Waals surface area (Å²) in [4.78, 5) is 13.9. The van der Waals surface area contributed by atoms with Crippen molar-refractivity contribution in [3.05, 3.63) is 0 Å². The number of halogens is 1. The van der Waals surface area contributed by atoms with Crippen LogP contribution in [-0.2, 0) is 4.79 Å². The highest BCUT2D eigenvalue weighted by Gasteiger charge is 2.22. The lowest BCUT2D eigenvalue weighted by Gasteiger charge is -2.31. The Labute approximate surface area is 114 Å². The van der Waals surface area contributed by atoms with Crippen LogP contribution in [0.2, 0.25) is 0 Å². The van der Waals surface area contributed by atoms with Gasteiger partial charge in [-0.05, 0) is 26.4 Å². The van der Waals surface area contributed by atoms with E-state index in [4.69, 9.17) is 0 Å². The SMILES string of the molecule is CCC(Br)C(=O)NCC(C(CC)CC)N(C)C. The molecular weight excluding hydrogens is 280 g/mol. The molecule has 0 saturated carbocycles. The summed E-state index contributed by atoms with van der Waals surface area (Å²) >= 11 is 3.37. The molecule has 0 aromatic rings. The zero-order chi connectivity index (χ0) is 13.4. The highest BCUT2D eigenvalue weighted by Crippen LogP contribution is 2.16. The van der Waals surface area contributed by atoms with E-state index in [0.29, 0.717) is 12.0 Å². The summed E-state index contributed by atoms with van der Waals surface area (Å²) < 4.78 is 0. The number of alkyl halides is 1. The molecule has 0 fully saturated rings. The van der Waals surface area contributed by atoms with Crippen LogP contribution in [0.5, 0.6) is 0 Å². The van der Waals surface area contributed by atoms with E-state index < -0.39 is 0 Å². The standard InChI is InChI=1S/C13H27BrN2O/c1-6-10(7-2)12(16(4)5)9-15-13(17)11(14)8-3/h10-12H,6-9H2,1-5H3,(H,15,17). The average Bonchev–Trinajstić information content (AvgIpc) is 2.32. The van der Waals surface area contributed by atoms with Crippen LogP contribution in [0.4, 0.5) is 0 Å². The Morgan fingerprint density at radius 1 is 1.18 bits per heavy atom. The number of amides is 1. The van der Waals surface area contributed by atoms with Gasteiger partial charge in [-0.15, -0.1) is 0 Å². The molecule has 0 aromatic heterocycles. The molecule has 0 radical (unpaired) electrons. The van der Waals surface area contributed by atoms with Crippen molar-refractivity contribution < 1.29 is 4.79 Å². The van der Waals surface area contributed by atoms with Crippen LogP contribution in [0, 0.1) is 5.92 Å². The minimum Gasteiger partial charge on any atom is -0.354 e. The van der Waals surface area contributed by atoms with E-state index in [1.54, 1.807) is 0 Å². The Kier molecular flexibility index (Phi) is 8.88. The molecule has 0 bridgehead atoms. The second-order valence-corrected chi connectivity index (χ2v) is 5.83. The van der Waals surface area contributed by atoms with Crippen molar-refractivity contribution in [3.63, 3.8) is 0 Å². The van der Waals surface area contributed by atoms with E-state index in [9.17, 15) is 4.79 Å². The molecule has 3 nitrogen and oxygen atoms in total. The van der Waals surface area contributed by atoms with E-state index >= 15 is 0 Å². The van der Waals surface area contributed by atoms with E-state index in [0.717, 1.165) is 25.8 Å². The maximum absolute atomic E-state index is 11.7. The van der Waals surface area contributed by atoms with Gasteiger partial charge in [-0.3, -0.25) is 4.79 Å². The van der Waals surface area contributed by atoms with Gasteiger partial charge in [-0.2, -0.15) is 0 Å². The third-order valence-electron chi connectivity index (χ3n) is 3.38. The van der Waals surface area contributed by atoms with Crippen LogP contribution in [0.3, 0.4) is 0 Å². The third-order valence-corrected chi connectivity index (χ3v) is 4.45. The zero-order valence-electron chi connectivity index (χ0n) is 11.8. The van der Waals surface area contributed by atoms with Crippen LogP contribution < -0.4 is 5.32 Å². The van der Waals surface area contributed by atoms with Crippen molar-refractivity contribution in [2.45, 2.75) is 50.9 Å². The molecule has 0 aliphatic rings. The fourth-order valence-corrected chi connectivity index (χ4v) is 2.27. The molecule has 0 saturated heterocycles. The Morgan fingerprint density at radius 2 is 1.71 bits per heavy atom. The molecule has 1 amide bonds. The number of likely N-dealkylation sites (N-methyl/N-ethyl adjacent to an activating group) is 1. The van der Waals surface area contributed by atoms with Gasteiger partial charge in [-0.25, -0.2) is 0 Å². The Balaban J connectivity index is 4.32. The highest BCUT2D eigenvalue weighted by atomic mass is 79.9. The number of nitrogens with one attached hydrogen (secondary N) is 1. The molecule has 0 aliphatic carbocycles. The second kappa shape index (κ2) is 8.92. The number of carbonyl (C=O) groups excluding carboxylic acids is 1. The molecule has 0 heterocycles. The number of nitrogens with zero attached hydrogens (tertiary/aromatic N) is 1. The summed E-state index contributed by atoms with van der Waals surface area (Å²) in [6.07, 6.45) is 3.13. The normalized spacial score (nSPS) is 15.1. The van der Waals surface area contributed by atoms with Crippen molar-refractivity contribution in [1.82, 2.24) is 10.2 Å². The summed E-state index contributed by atoms with van der Waals surface area (Å²) in [5.74, 6) is 0.742. The second-order valence-electron chi connectivity index (χ2n) is 4.73. The molecule has 102 valence electrons. The van der Waals surface area contributed by atoms with E-state index in [1.807, 2.05) is 6.92 Å². The van der Waals surface area contributed by atoms with Gasteiger partial charge < -0.3 is 10.2 Å². The van der Waals surface area contributed by atoms with Crippen molar-refractivity contribution in [2.24, 2.45) is 5.92 Å². The molecule has 2 atom stereocenters. The fourth-order valence-electron chi connectivity index (χ4n) is 2.11. The molecule has 4 heteroatoms. The molecule has 0 aromatic carbocycles. The highest BCUT2D eigenvalue weighted by molar-refractivity contribution is 9.10. The summed E-state index contributed by atoms with van der Waals surface area (Å²) in [5.41, 5.74) is 0. The van der Waals surface area contributed by atoms with E-state index in [-0.39, 0.29) is 10.7 Å². The Bertz CT molecular complexity index is 217. The van der Waals surface area contributed by atoms with Crippen LogP contribution in [0.15, 0.2) is 0 Å². The lowest BCUT2D eigenvalue weighted by Crippen LogP contribution is -2.46. The smallest absolute Gasteiger partial charge is 0.233 e. The minimum absolute atomic E-state index is 0.0629. The first-order chi connectivity index (χ1) is 7.97. The Morgan fingerprint density at radius 3 is 2.06 bits per heavy atom. The molecular formula is C13H27BrN2O. The number of rotatable bonds is 8. The molecule has 1 N–H and O–H groups in total. The molecule has 0 spiro atoms. The van der Waals surface area contributed by atoms with Gasteiger partial charge in [0.15, 0.2) is 0 Å². The molecule has 2 unspecified atom stereocenters. The largest absolute Gasteiger partial charge is 0.354 e. The minimum atomic E-state index is -0.0629. The van der Waals surface area contributed by atoms with Crippen LogP contribution >= 0.6 is 15.9 Å². The van der Waals surface area contributed by atoms with Crippen molar-refractivity contribution in [1.29, 1.82) is 0 Å². The van der Waals surface area contributed by atoms with Crippen LogP contribution in [0.1, 0.15) is 40.0 Å². The van der Waals surface area contributed by atoms with Gasteiger partial charge in [0, 0.05) is 12.6 Å². The number of carbonyl (C=O) groups is 1. The Hall–Kier alpha value is -0.0900. The van der Waals surface area contributed by atoms with E-state index in [1.165, 1.54) is 0 Å². The zero-order valence-corrected chi connectivity index (χ0v) is 13.4. The third kappa shape index (κ3) is 5.87. The van der Waals surface area contributed by atoms with Crippen molar-refractivity contribution in [3.8, 4) is 0 Å². The van der Waals surface area contributed by atoms with Gasteiger partial charge >= 0.3 is 0 Å². The van der Waals surface area contributed by atoms with Crippen molar-refractivity contribution in [2.75, 3.05) is 20.6 Å². The van der Waals surface area contributed by atoms with Gasteiger partial charge in [-0.1, -0.05) is 49.5 Å². The topological polar surface area (TPSA) is 32.3 Å². The molecule has 0 rings (SSSR count). The maximum atomic E-state index is 11.7. The molecule has 0 aliphatic heterocycles. The quantitative estimate of drug-likeness (QED) is 0.699. The summed E-state index contributed by atoms with van der Waals surface area (Å²) in [5, 5.41) is 3.04. The van der Waals surface area contributed by atoms with Gasteiger partial charge in [0.1, 0.15) is 0 Å². The lowest BCUT2D eigenvalue weighted by molar-refractivity contribution is -0.120. The first-order valence-electron chi connectivity index (χ1n) is 6.55. The number of hydrogen-bond donors (Lipinski definition) is 1. The first-order valence-corrected chi connectivity index (χ1v) is 7.47. The summed E-state index contributed by atoms with van der Waals surface area (Å²) in [6.45, 7) is 7.17. The first kappa shape index (κ1) is 16.9. The summed E-state index contributed by atoms with van der Waals surface area (Å²) in [7, 11) is 4.17. The maximum Gasteiger partial charge on any atom is 0.233 e. The van der Waals surface area contributed by atoms with Gasteiger partial charge in [0.25, 0.3) is 0 Å². The monoisotopic (exact) mass is 306 g/mol. The predicted molar refractivity (Wildman–Crippen MR) is 77.6 cm³/mol. The van der Waals surface area contributed by atoms with Crippen LogP contribution in [0.25, 0.3) is 0 Å². The van der Waals surface area contributed by atoms with Crippen LogP contribution in [-0.4, -0.2) is 42.3 Å². The lowest BCUT2D eigenvalue weighted by atomic mass is 9.93. The summed E-state index contributed by atoms with van der Waals surface area (Å²) in [6, 6.07) is 0.422. The molecule has 17 heavy (non-hydrogen) atoms. The average molecular weight is 307 g/mol. The van der Waals surface area contributed by atoms with E-state index in [2.05, 4.69) is 54.1 Å². The fraction of sp³-hybridized carbons (Fsp3) is 0.923. The predicted octanol–water partition coefficient (Wildman–Crippen LogP) is 2.64. The van der Waals surface area contributed by atoms with Crippen molar-refractivity contribution >= 4 is 21.8 Å². The number of hydrogen-bond acceptors (Lipinski definition) is 2. The van der Waals surface area contributed by atoms with Gasteiger partial charge in [0.05, 0.1) is 4.83 Å².